The summed E-state index contributed by atoms with van der Waals surface area (Å²) in [4.78, 5) is 18.6. The standard InChI is InChI=1S/C20H27N5O3S/c1-16-4-6-17(7-5-16)22-20(26)15-24(3)19-9-8-18(14-21-19)29(27,28)25-12-10-23(2)11-13-25/h4-9,14H,10-13,15H2,1-3H3,(H,22,26)/p+2. The Morgan fingerprint density at radius 2 is 1.83 bits per heavy atom. The van der Waals surface area contributed by atoms with Crippen LogP contribution in [-0.4, -0.2) is 65.4 Å². The van der Waals surface area contributed by atoms with Crippen LogP contribution in [-0.2, 0) is 14.8 Å². The molecule has 1 aliphatic heterocycles. The molecule has 1 aromatic heterocycles. The van der Waals surface area contributed by atoms with Crippen molar-refractivity contribution in [3.63, 3.8) is 0 Å². The number of aryl methyl sites for hydroxylation is 1. The van der Waals surface area contributed by atoms with E-state index in [-0.39, 0.29) is 17.3 Å². The molecule has 156 valence electrons. The number of carbonyl (C=O) groups excluding carboxylic acids is 1. The van der Waals surface area contributed by atoms with E-state index in [9.17, 15) is 13.2 Å². The Labute approximate surface area is 172 Å². The van der Waals surface area contributed by atoms with Crippen LogP contribution in [0.25, 0.3) is 0 Å². The van der Waals surface area contributed by atoms with Crippen molar-refractivity contribution in [2.24, 2.45) is 0 Å². The number of nitrogens with one attached hydrogen (secondary N) is 3. The number of benzene rings is 1. The lowest BCUT2D eigenvalue weighted by molar-refractivity contribution is -0.883. The molecule has 0 aliphatic carbocycles. The number of anilines is 2. The van der Waals surface area contributed by atoms with E-state index < -0.39 is 10.0 Å². The van der Waals surface area contributed by atoms with Gasteiger partial charge in [-0.2, -0.15) is 4.31 Å². The zero-order valence-electron chi connectivity index (χ0n) is 17.1. The molecule has 8 nitrogen and oxygen atoms in total. The van der Waals surface area contributed by atoms with Gasteiger partial charge in [0.05, 0.1) is 40.3 Å². The van der Waals surface area contributed by atoms with Crippen LogP contribution in [0.1, 0.15) is 5.56 Å². The number of rotatable bonds is 6. The van der Waals surface area contributed by atoms with E-state index in [1.165, 1.54) is 15.4 Å². The minimum atomic E-state index is -3.50. The van der Waals surface area contributed by atoms with Gasteiger partial charge < -0.3 is 10.2 Å². The van der Waals surface area contributed by atoms with E-state index in [0.29, 0.717) is 18.9 Å². The number of carbonyl (C=O) groups is 1. The van der Waals surface area contributed by atoms with Crippen molar-refractivity contribution < 1.29 is 23.1 Å². The summed E-state index contributed by atoms with van der Waals surface area (Å²) in [7, 11) is 0.338. The molecule has 0 bridgehead atoms. The number of pyridine rings is 1. The molecular weight excluding hydrogens is 390 g/mol. The summed E-state index contributed by atoms with van der Waals surface area (Å²) in [5.41, 5.74) is 1.87. The lowest BCUT2D eigenvalue weighted by Crippen LogP contribution is -3.12. The van der Waals surface area contributed by atoms with Gasteiger partial charge in [0.15, 0.2) is 6.54 Å². The fourth-order valence-corrected chi connectivity index (χ4v) is 4.60. The number of hydrogen-bond acceptors (Lipinski definition) is 4. The van der Waals surface area contributed by atoms with E-state index in [4.69, 9.17) is 0 Å². The van der Waals surface area contributed by atoms with Gasteiger partial charge in [0.1, 0.15) is 11.1 Å². The Morgan fingerprint density at radius 3 is 2.41 bits per heavy atom. The van der Waals surface area contributed by atoms with Gasteiger partial charge in [-0.05, 0) is 25.1 Å². The molecule has 1 aromatic carbocycles. The molecule has 29 heavy (non-hydrogen) atoms. The molecule has 0 saturated carbocycles. The van der Waals surface area contributed by atoms with E-state index in [0.717, 1.165) is 24.3 Å². The van der Waals surface area contributed by atoms with Crippen LogP contribution >= 0.6 is 0 Å². The Hall–Kier alpha value is -2.49. The second-order valence-corrected chi connectivity index (χ2v) is 9.48. The number of piperazine rings is 1. The predicted molar refractivity (Wildman–Crippen MR) is 111 cm³/mol. The quantitative estimate of drug-likeness (QED) is 0.655. The monoisotopic (exact) mass is 419 g/mol. The highest BCUT2D eigenvalue weighted by atomic mass is 32.2. The summed E-state index contributed by atoms with van der Waals surface area (Å²) >= 11 is 0. The number of aromatic amines is 1. The molecule has 0 atom stereocenters. The predicted octanol–water partition coefficient (Wildman–Crippen LogP) is -0.597. The lowest BCUT2D eigenvalue weighted by atomic mass is 10.2. The molecule has 3 rings (SSSR count). The minimum absolute atomic E-state index is 0.137. The topological polar surface area (TPSA) is 88.3 Å². The molecule has 0 radical (unpaired) electrons. The van der Waals surface area contributed by atoms with Crippen LogP contribution in [0.15, 0.2) is 47.5 Å². The van der Waals surface area contributed by atoms with Crippen molar-refractivity contribution in [1.29, 1.82) is 0 Å². The van der Waals surface area contributed by atoms with Crippen molar-refractivity contribution >= 4 is 27.4 Å². The number of quaternary nitrogens is 1. The van der Waals surface area contributed by atoms with Gasteiger partial charge in [-0.1, -0.05) is 17.7 Å². The first-order chi connectivity index (χ1) is 13.8. The Kier molecular flexibility index (Phi) is 6.51. The van der Waals surface area contributed by atoms with Gasteiger partial charge in [-0.3, -0.25) is 9.69 Å². The summed E-state index contributed by atoms with van der Waals surface area (Å²) in [5, 5.41) is 2.85. The number of hydrogen-bond donors (Lipinski definition) is 2. The molecule has 1 saturated heterocycles. The van der Waals surface area contributed by atoms with Crippen molar-refractivity contribution in [3.05, 3.63) is 48.2 Å². The van der Waals surface area contributed by atoms with Crippen molar-refractivity contribution in [2.45, 2.75) is 11.8 Å². The molecule has 0 spiro atoms. The van der Waals surface area contributed by atoms with Gasteiger partial charge >= 0.3 is 0 Å². The van der Waals surface area contributed by atoms with Crippen LogP contribution in [0.4, 0.5) is 11.5 Å². The molecule has 1 fully saturated rings. The van der Waals surface area contributed by atoms with Crippen molar-refractivity contribution in [3.8, 4) is 0 Å². The highest BCUT2D eigenvalue weighted by molar-refractivity contribution is 7.89. The summed E-state index contributed by atoms with van der Waals surface area (Å²) in [6.07, 6.45) is 1.49. The Bertz CT molecular complexity index is 937. The molecule has 1 amide bonds. The summed E-state index contributed by atoms with van der Waals surface area (Å²) < 4.78 is 27.1. The van der Waals surface area contributed by atoms with Crippen LogP contribution in [0.5, 0.6) is 0 Å². The van der Waals surface area contributed by atoms with Gasteiger partial charge in [0, 0.05) is 11.8 Å². The third-order valence-electron chi connectivity index (χ3n) is 5.11. The molecular formula is C20H29N5O3S+2. The van der Waals surface area contributed by atoms with Gasteiger partial charge in [0.2, 0.25) is 10.0 Å². The lowest BCUT2D eigenvalue weighted by Gasteiger charge is -2.29. The van der Waals surface area contributed by atoms with E-state index >= 15 is 0 Å². The average Bonchev–Trinajstić information content (AvgIpc) is 2.70. The van der Waals surface area contributed by atoms with E-state index in [1.54, 1.807) is 24.1 Å². The normalized spacial score (nSPS) is 15.8. The van der Waals surface area contributed by atoms with E-state index in [1.807, 2.05) is 31.2 Å². The third-order valence-corrected chi connectivity index (χ3v) is 7.00. The minimum Gasteiger partial charge on any atom is -0.335 e. The van der Waals surface area contributed by atoms with Gasteiger partial charge in [0.25, 0.3) is 11.7 Å². The average molecular weight is 420 g/mol. The second kappa shape index (κ2) is 8.89. The Balaban J connectivity index is 1.61. The smallest absolute Gasteiger partial charge is 0.274 e. The van der Waals surface area contributed by atoms with Crippen molar-refractivity contribution in [1.82, 2.24) is 4.31 Å². The third kappa shape index (κ3) is 5.31. The van der Waals surface area contributed by atoms with Crippen molar-refractivity contribution in [2.75, 3.05) is 57.0 Å². The van der Waals surface area contributed by atoms with Gasteiger partial charge in [-0.15, -0.1) is 0 Å². The Morgan fingerprint density at radius 1 is 1.17 bits per heavy atom. The first-order valence-corrected chi connectivity index (χ1v) is 11.1. The summed E-state index contributed by atoms with van der Waals surface area (Å²) in [5.74, 6) is 0.507. The van der Waals surface area contributed by atoms with E-state index in [2.05, 4.69) is 17.3 Å². The second-order valence-electron chi connectivity index (χ2n) is 7.54. The maximum Gasteiger partial charge on any atom is 0.274 e. The summed E-state index contributed by atoms with van der Waals surface area (Å²) in [6.45, 7) is 4.78. The molecule has 0 unspecified atom stereocenters. The molecule has 2 aromatic rings. The van der Waals surface area contributed by atoms with Crippen LogP contribution in [0, 0.1) is 6.92 Å². The van der Waals surface area contributed by atoms with Gasteiger partial charge in [-0.25, -0.2) is 13.4 Å². The zero-order chi connectivity index (χ0) is 21.0. The maximum absolute atomic E-state index is 12.8. The number of amides is 1. The van der Waals surface area contributed by atoms with Crippen LogP contribution in [0.2, 0.25) is 0 Å². The number of likely N-dealkylation sites (N-methyl/N-ethyl adjacent to an activating group) is 2. The molecule has 3 N–H and O–H groups in total. The first-order valence-electron chi connectivity index (χ1n) is 9.66. The number of nitrogens with zero attached hydrogens (tertiary/aromatic N) is 2. The maximum atomic E-state index is 12.8. The molecule has 9 heteroatoms. The fraction of sp³-hybridized carbons (Fsp3) is 0.400. The first kappa shape index (κ1) is 21.2. The number of sulfonamides is 1. The zero-order valence-corrected chi connectivity index (χ0v) is 17.9. The largest absolute Gasteiger partial charge is 0.335 e. The fourth-order valence-electron chi connectivity index (χ4n) is 3.20. The molecule has 2 heterocycles. The highest BCUT2D eigenvalue weighted by Crippen LogP contribution is 2.16. The SMILES string of the molecule is Cc1ccc(NC(=O)CN(C)c2ccc(S(=O)(=O)N3CC[NH+](C)CC3)c[nH+]2)cc1. The number of H-pyrrole nitrogens is 1. The van der Waals surface area contributed by atoms with Crippen LogP contribution < -0.4 is 20.1 Å². The number of aromatic nitrogens is 1. The van der Waals surface area contributed by atoms with Crippen LogP contribution in [0.3, 0.4) is 0 Å². The summed E-state index contributed by atoms with van der Waals surface area (Å²) in [6, 6.07) is 10.9. The molecule has 1 aliphatic rings. The highest BCUT2D eigenvalue weighted by Gasteiger charge is 2.30.